The minimum atomic E-state index is -3.44. The SMILES string of the molecule is CN(Cc1cccs1)S(=O)(=O)c1ccc(CN)cc1. The predicted octanol–water partition coefficient (Wildman–Crippen LogP) is 2.03. The number of thiophene rings is 1. The molecular formula is C13H16N2O2S2. The molecule has 2 rings (SSSR count). The van der Waals surface area contributed by atoms with E-state index in [0.717, 1.165) is 10.4 Å². The molecule has 0 saturated heterocycles. The van der Waals surface area contributed by atoms with Crippen LogP contribution in [-0.4, -0.2) is 19.8 Å². The van der Waals surface area contributed by atoms with Crippen molar-refractivity contribution in [3.63, 3.8) is 0 Å². The molecule has 19 heavy (non-hydrogen) atoms. The van der Waals surface area contributed by atoms with E-state index in [1.807, 2.05) is 17.5 Å². The molecule has 0 atom stereocenters. The second-order valence-corrected chi connectivity index (χ2v) is 7.27. The van der Waals surface area contributed by atoms with Gasteiger partial charge in [0.15, 0.2) is 0 Å². The highest BCUT2D eigenvalue weighted by Gasteiger charge is 2.20. The van der Waals surface area contributed by atoms with Gasteiger partial charge >= 0.3 is 0 Å². The van der Waals surface area contributed by atoms with Gasteiger partial charge in [-0.1, -0.05) is 18.2 Å². The Kier molecular flexibility index (Phi) is 4.36. The average Bonchev–Trinajstić information content (AvgIpc) is 2.91. The summed E-state index contributed by atoms with van der Waals surface area (Å²) in [7, 11) is -1.85. The van der Waals surface area contributed by atoms with Gasteiger partial charge in [-0.15, -0.1) is 11.3 Å². The normalized spacial score (nSPS) is 11.9. The highest BCUT2D eigenvalue weighted by molar-refractivity contribution is 7.89. The van der Waals surface area contributed by atoms with E-state index in [1.165, 1.54) is 4.31 Å². The lowest BCUT2D eigenvalue weighted by Gasteiger charge is -2.16. The first-order valence-corrected chi connectivity index (χ1v) is 8.14. The number of nitrogens with two attached hydrogens (primary N) is 1. The van der Waals surface area contributed by atoms with Crippen molar-refractivity contribution in [1.29, 1.82) is 0 Å². The Hall–Kier alpha value is -1.21. The van der Waals surface area contributed by atoms with Gasteiger partial charge in [0.1, 0.15) is 0 Å². The quantitative estimate of drug-likeness (QED) is 0.918. The number of hydrogen-bond donors (Lipinski definition) is 1. The summed E-state index contributed by atoms with van der Waals surface area (Å²) in [6.45, 7) is 0.796. The van der Waals surface area contributed by atoms with Gasteiger partial charge in [-0.2, -0.15) is 4.31 Å². The molecule has 4 nitrogen and oxygen atoms in total. The fraction of sp³-hybridized carbons (Fsp3) is 0.231. The third-order valence-electron chi connectivity index (χ3n) is 2.83. The molecule has 0 radical (unpaired) electrons. The van der Waals surface area contributed by atoms with Crippen LogP contribution in [0.4, 0.5) is 0 Å². The lowest BCUT2D eigenvalue weighted by atomic mass is 10.2. The summed E-state index contributed by atoms with van der Waals surface area (Å²) in [5.74, 6) is 0. The molecule has 0 aliphatic carbocycles. The molecule has 0 saturated carbocycles. The van der Waals surface area contributed by atoms with Crippen molar-refractivity contribution < 1.29 is 8.42 Å². The topological polar surface area (TPSA) is 63.4 Å². The van der Waals surface area contributed by atoms with Crippen LogP contribution in [0.1, 0.15) is 10.4 Å². The van der Waals surface area contributed by atoms with E-state index >= 15 is 0 Å². The van der Waals surface area contributed by atoms with Crippen LogP contribution < -0.4 is 5.73 Å². The molecule has 0 bridgehead atoms. The number of rotatable bonds is 5. The number of benzene rings is 1. The zero-order valence-electron chi connectivity index (χ0n) is 10.6. The molecule has 6 heteroatoms. The van der Waals surface area contributed by atoms with Gasteiger partial charge in [0.2, 0.25) is 10.0 Å². The van der Waals surface area contributed by atoms with E-state index in [1.54, 1.807) is 42.6 Å². The van der Waals surface area contributed by atoms with Crippen molar-refractivity contribution in [2.75, 3.05) is 7.05 Å². The lowest BCUT2D eigenvalue weighted by molar-refractivity contribution is 0.469. The molecule has 1 aromatic carbocycles. The standard InChI is InChI=1S/C13H16N2O2S2/c1-15(10-12-3-2-8-18-12)19(16,17)13-6-4-11(9-14)5-7-13/h2-8H,9-10,14H2,1H3. The molecule has 0 aliphatic heterocycles. The van der Waals surface area contributed by atoms with E-state index in [0.29, 0.717) is 18.0 Å². The van der Waals surface area contributed by atoms with E-state index in [4.69, 9.17) is 5.73 Å². The van der Waals surface area contributed by atoms with Crippen LogP contribution in [0.2, 0.25) is 0 Å². The minimum absolute atomic E-state index is 0.295. The first-order chi connectivity index (χ1) is 9.04. The van der Waals surface area contributed by atoms with Crippen molar-refractivity contribution in [2.45, 2.75) is 18.0 Å². The second kappa shape index (κ2) is 5.83. The highest BCUT2D eigenvalue weighted by atomic mass is 32.2. The molecule has 0 aliphatic rings. The number of sulfonamides is 1. The van der Waals surface area contributed by atoms with E-state index in [-0.39, 0.29) is 0 Å². The third kappa shape index (κ3) is 3.22. The minimum Gasteiger partial charge on any atom is -0.326 e. The molecule has 2 aromatic rings. The van der Waals surface area contributed by atoms with Crippen LogP contribution in [0.15, 0.2) is 46.7 Å². The predicted molar refractivity (Wildman–Crippen MR) is 77.3 cm³/mol. The van der Waals surface area contributed by atoms with Gasteiger partial charge in [0, 0.05) is 25.0 Å². The molecule has 1 aromatic heterocycles. The van der Waals surface area contributed by atoms with E-state index in [2.05, 4.69) is 0 Å². The first kappa shape index (κ1) is 14.2. The van der Waals surface area contributed by atoms with Crippen LogP contribution in [-0.2, 0) is 23.1 Å². The van der Waals surface area contributed by atoms with Crippen LogP contribution in [0.25, 0.3) is 0 Å². The largest absolute Gasteiger partial charge is 0.326 e. The monoisotopic (exact) mass is 296 g/mol. The van der Waals surface area contributed by atoms with Crippen LogP contribution >= 0.6 is 11.3 Å². The molecule has 0 amide bonds. The van der Waals surface area contributed by atoms with Crippen molar-refractivity contribution in [2.24, 2.45) is 5.73 Å². The second-order valence-electron chi connectivity index (χ2n) is 4.19. The maximum absolute atomic E-state index is 12.4. The Morgan fingerprint density at radius 1 is 1.21 bits per heavy atom. The molecule has 1 heterocycles. The van der Waals surface area contributed by atoms with Gasteiger partial charge < -0.3 is 5.73 Å². The van der Waals surface area contributed by atoms with Crippen molar-refractivity contribution in [3.05, 3.63) is 52.2 Å². The maximum atomic E-state index is 12.4. The Morgan fingerprint density at radius 2 is 1.89 bits per heavy atom. The molecule has 102 valence electrons. The van der Waals surface area contributed by atoms with Gasteiger partial charge in [0.05, 0.1) is 4.90 Å². The van der Waals surface area contributed by atoms with Crippen LogP contribution in [0, 0.1) is 0 Å². The molecular weight excluding hydrogens is 280 g/mol. The van der Waals surface area contributed by atoms with Gasteiger partial charge in [-0.3, -0.25) is 0 Å². The van der Waals surface area contributed by atoms with Gasteiger partial charge in [-0.25, -0.2) is 8.42 Å². The highest BCUT2D eigenvalue weighted by Crippen LogP contribution is 2.19. The summed E-state index contributed by atoms with van der Waals surface area (Å²) in [5.41, 5.74) is 6.42. The van der Waals surface area contributed by atoms with Crippen molar-refractivity contribution >= 4 is 21.4 Å². The molecule has 0 spiro atoms. The molecule has 2 N–H and O–H groups in total. The Bertz CT molecular complexity index is 619. The van der Waals surface area contributed by atoms with E-state index in [9.17, 15) is 8.42 Å². The fourth-order valence-electron chi connectivity index (χ4n) is 1.68. The lowest BCUT2D eigenvalue weighted by Crippen LogP contribution is -2.26. The van der Waals surface area contributed by atoms with Gasteiger partial charge in [-0.05, 0) is 29.1 Å². The third-order valence-corrected chi connectivity index (χ3v) is 5.50. The zero-order valence-corrected chi connectivity index (χ0v) is 12.2. The molecule has 0 fully saturated rings. The molecule has 0 unspecified atom stereocenters. The summed E-state index contributed by atoms with van der Waals surface area (Å²) in [6.07, 6.45) is 0. The van der Waals surface area contributed by atoms with Crippen molar-refractivity contribution in [1.82, 2.24) is 4.31 Å². The summed E-state index contributed by atoms with van der Waals surface area (Å²) in [6, 6.07) is 10.5. The van der Waals surface area contributed by atoms with Crippen LogP contribution in [0.3, 0.4) is 0 Å². The summed E-state index contributed by atoms with van der Waals surface area (Å²) < 4.78 is 26.1. The Labute approximate surface area is 117 Å². The summed E-state index contributed by atoms with van der Waals surface area (Å²) in [5, 5.41) is 1.94. The van der Waals surface area contributed by atoms with Crippen LogP contribution in [0.5, 0.6) is 0 Å². The number of nitrogens with zero attached hydrogens (tertiary/aromatic N) is 1. The summed E-state index contributed by atoms with van der Waals surface area (Å²) in [4.78, 5) is 1.31. The summed E-state index contributed by atoms with van der Waals surface area (Å²) >= 11 is 1.55. The first-order valence-electron chi connectivity index (χ1n) is 5.82. The maximum Gasteiger partial charge on any atom is 0.243 e. The Morgan fingerprint density at radius 3 is 2.42 bits per heavy atom. The van der Waals surface area contributed by atoms with Gasteiger partial charge in [0.25, 0.3) is 0 Å². The fourth-order valence-corrected chi connectivity index (χ4v) is 3.67. The number of hydrogen-bond acceptors (Lipinski definition) is 4. The zero-order chi connectivity index (χ0) is 13.9. The van der Waals surface area contributed by atoms with E-state index < -0.39 is 10.0 Å². The average molecular weight is 296 g/mol. The Balaban J connectivity index is 2.20. The van der Waals surface area contributed by atoms with Crippen molar-refractivity contribution in [3.8, 4) is 0 Å². The smallest absolute Gasteiger partial charge is 0.243 e.